The Morgan fingerprint density at radius 2 is 1.51 bits per heavy atom. The standard InChI is InChI=1S/C31H37N3O4S/c1-23-17-19-28(20-18-23)34(39(37,38)29-15-5-4-6-16-29)22-30(35)33(21-26-12-8-7-11-24(26)2)25(3)31(36)32-27-13-9-10-14-27/h4-8,11-12,15-20,25,27H,9-10,13-14,21-22H2,1-3H3,(H,32,36)/t25-/m0/s1. The molecule has 0 unspecified atom stereocenters. The summed E-state index contributed by atoms with van der Waals surface area (Å²) in [6, 6.07) is 22.2. The first-order chi connectivity index (χ1) is 18.7. The summed E-state index contributed by atoms with van der Waals surface area (Å²) < 4.78 is 28.7. The van der Waals surface area contributed by atoms with Gasteiger partial charge in [0.05, 0.1) is 10.6 Å². The number of benzene rings is 3. The van der Waals surface area contributed by atoms with Gasteiger partial charge in [0, 0.05) is 12.6 Å². The molecule has 4 rings (SSSR count). The number of carbonyl (C=O) groups excluding carboxylic acids is 2. The van der Waals surface area contributed by atoms with E-state index in [1.54, 1.807) is 37.3 Å². The quantitative estimate of drug-likeness (QED) is 0.388. The SMILES string of the molecule is Cc1ccc(N(CC(=O)N(Cc2ccccc2C)[C@@H](C)C(=O)NC2CCCC2)S(=O)(=O)c2ccccc2)cc1. The molecule has 1 atom stereocenters. The van der Waals surface area contributed by atoms with Gasteiger partial charge < -0.3 is 10.2 Å². The lowest BCUT2D eigenvalue weighted by molar-refractivity contribution is -0.139. The van der Waals surface area contributed by atoms with E-state index in [-0.39, 0.29) is 23.4 Å². The first-order valence-electron chi connectivity index (χ1n) is 13.5. The highest BCUT2D eigenvalue weighted by atomic mass is 32.2. The van der Waals surface area contributed by atoms with Gasteiger partial charge in [0.25, 0.3) is 10.0 Å². The van der Waals surface area contributed by atoms with Crippen LogP contribution in [0.4, 0.5) is 5.69 Å². The van der Waals surface area contributed by atoms with Gasteiger partial charge in [0.2, 0.25) is 11.8 Å². The molecule has 1 fully saturated rings. The second-order valence-corrected chi connectivity index (χ2v) is 12.1. The molecule has 0 radical (unpaired) electrons. The van der Waals surface area contributed by atoms with Crippen molar-refractivity contribution < 1.29 is 18.0 Å². The van der Waals surface area contributed by atoms with Crippen molar-refractivity contribution in [1.82, 2.24) is 10.2 Å². The molecule has 0 aliphatic heterocycles. The van der Waals surface area contributed by atoms with Gasteiger partial charge in [-0.3, -0.25) is 13.9 Å². The number of sulfonamides is 1. The molecule has 39 heavy (non-hydrogen) atoms. The van der Waals surface area contributed by atoms with Crippen LogP contribution in [0.2, 0.25) is 0 Å². The Balaban J connectivity index is 1.68. The van der Waals surface area contributed by atoms with Crippen LogP contribution in [0.5, 0.6) is 0 Å². The van der Waals surface area contributed by atoms with E-state index in [0.29, 0.717) is 5.69 Å². The van der Waals surface area contributed by atoms with Gasteiger partial charge in [0.15, 0.2) is 0 Å². The summed E-state index contributed by atoms with van der Waals surface area (Å²) in [6.45, 7) is 5.34. The molecular weight excluding hydrogens is 510 g/mol. The molecular formula is C31H37N3O4S. The molecule has 8 heteroatoms. The second-order valence-electron chi connectivity index (χ2n) is 10.3. The highest BCUT2D eigenvalue weighted by molar-refractivity contribution is 7.92. The summed E-state index contributed by atoms with van der Waals surface area (Å²) in [7, 11) is -4.06. The van der Waals surface area contributed by atoms with Crippen LogP contribution in [-0.2, 0) is 26.2 Å². The maximum atomic E-state index is 14.0. The molecule has 0 heterocycles. The smallest absolute Gasteiger partial charge is 0.264 e. The Kier molecular flexibility index (Phi) is 9.07. The van der Waals surface area contributed by atoms with Crippen molar-refractivity contribution in [2.75, 3.05) is 10.8 Å². The van der Waals surface area contributed by atoms with E-state index in [2.05, 4.69) is 5.32 Å². The molecule has 0 saturated heterocycles. The third-order valence-electron chi connectivity index (χ3n) is 7.40. The summed E-state index contributed by atoms with van der Waals surface area (Å²) >= 11 is 0. The first-order valence-corrected chi connectivity index (χ1v) is 14.9. The summed E-state index contributed by atoms with van der Waals surface area (Å²) in [5.41, 5.74) is 3.25. The fraction of sp³-hybridized carbons (Fsp3) is 0.355. The average molecular weight is 548 g/mol. The summed E-state index contributed by atoms with van der Waals surface area (Å²) in [6.07, 6.45) is 4.02. The molecule has 1 aliphatic carbocycles. The molecule has 1 N–H and O–H groups in total. The lowest BCUT2D eigenvalue weighted by Gasteiger charge is -2.33. The van der Waals surface area contributed by atoms with E-state index >= 15 is 0 Å². The second kappa shape index (κ2) is 12.5. The topological polar surface area (TPSA) is 86.8 Å². The lowest BCUT2D eigenvalue weighted by Crippen LogP contribution is -2.52. The first kappa shape index (κ1) is 28.4. The van der Waals surface area contributed by atoms with E-state index in [4.69, 9.17) is 0 Å². The van der Waals surface area contributed by atoms with Crippen LogP contribution in [0.3, 0.4) is 0 Å². The molecule has 0 spiro atoms. The van der Waals surface area contributed by atoms with Gasteiger partial charge in [-0.25, -0.2) is 8.42 Å². The van der Waals surface area contributed by atoms with Gasteiger partial charge in [-0.2, -0.15) is 0 Å². The zero-order chi connectivity index (χ0) is 28.0. The van der Waals surface area contributed by atoms with E-state index in [0.717, 1.165) is 46.7 Å². The molecule has 1 aliphatic rings. The predicted molar refractivity (Wildman–Crippen MR) is 154 cm³/mol. The Bertz CT molecular complexity index is 1380. The largest absolute Gasteiger partial charge is 0.352 e. The van der Waals surface area contributed by atoms with Crippen molar-refractivity contribution in [3.8, 4) is 0 Å². The fourth-order valence-electron chi connectivity index (χ4n) is 4.91. The summed E-state index contributed by atoms with van der Waals surface area (Å²) in [5, 5.41) is 3.10. The fourth-order valence-corrected chi connectivity index (χ4v) is 6.34. The monoisotopic (exact) mass is 547 g/mol. The average Bonchev–Trinajstić information content (AvgIpc) is 3.45. The van der Waals surface area contributed by atoms with E-state index in [1.807, 2.05) is 50.2 Å². The molecule has 0 aromatic heterocycles. The van der Waals surface area contributed by atoms with Crippen LogP contribution < -0.4 is 9.62 Å². The third kappa shape index (κ3) is 6.87. The number of amides is 2. The van der Waals surface area contributed by atoms with Crippen molar-refractivity contribution in [1.29, 1.82) is 0 Å². The molecule has 7 nitrogen and oxygen atoms in total. The highest BCUT2D eigenvalue weighted by Gasteiger charge is 2.33. The summed E-state index contributed by atoms with van der Waals surface area (Å²) in [4.78, 5) is 28.9. The number of aryl methyl sites for hydroxylation is 2. The number of nitrogens with one attached hydrogen (secondary N) is 1. The highest BCUT2D eigenvalue weighted by Crippen LogP contribution is 2.25. The minimum Gasteiger partial charge on any atom is -0.352 e. The van der Waals surface area contributed by atoms with Crippen molar-refractivity contribution in [3.63, 3.8) is 0 Å². The van der Waals surface area contributed by atoms with Gasteiger partial charge in [-0.05, 0) is 69.0 Å². The zero-order valence-corrected chi connectivity index (χ0v) is 23.7. The van der Waals surface area contributed by atoms with E-state index in [9.17, 15) is 18.0 Å². The minimum absolute atomic E-state index is 0.0934. The van der Waals surface area contributed by atoms with Crippen molar-refractivity contribution >= 4 is 27.5 Å². The predicted octanol–water partition coefficient (Wildman–Crippen LogP) is 4.97. The maximum Gasteiger partial charge on any atom is 0.264 e. The molecule has 3 aromatic carbocycles. The van der Waals surface area contributed by atoms with Crippen LogP contribution in [0.25, 0.3) is 0 Å². The van der Waals surface area contributed by atoms with Crippen LogP contribution in [-0.4, -0.2) is 43.8 Å². The van der Waals surface area contributed by atoms with Gasteiger partial charge in [-0.1, -0.05) is 73.0 Å². The molecule has 206 valence electrons. The summed E-state index contributed by atoms with van der Waals surface area (Å²) in [5.74, 6) is -0.677. The van der Waals surface area contributed by atoms with Gasteiger partial charge in [-0.15, -0.1) is 0 Å². The normalized spacial score (nSPS) is 14.5. The zero-order valence-electron chi connectivity index (χ0n) is 22.8. The Labute approximate surface area is 231 Å². The number of carbonyl (C=O) groups is 2. The van der Waals surface area contributed by atoms with Crippen molar-refractivity contribution in [2.24, 2.45) is 0 Å². The lowest BCUT2D eigenvalue weighted by atomic mass is 10.1. The molecule has 0 bridgehead atoms. The number of anilines is 1. The van der Waals surface area contributed by atoms with Crippen LogP contribution in [0, 0.1) is 13.8 Å². The van der Waals surface area contributed by atoms with Crippen LogP contribution >= 0.6 is 0 Å². The van der Waals surface area contributed by atoms with Crippen molar-refractivity contribution in [3.05, 3.63) is 95.6 Å². The maximum absolute atomic E-state index is 14.0. The minimum atomic E-state index is -4.06. The van der Waals surface area contributed by atoms with Gasteiger partial charge >= 0.3 is 0 Å². The van der Waals surface area contributed by atoms with E-state index < -0.39 is 28.5 Å². The van der Waals surface area contributed by atoms with Crippen LogP contribution in [0.1, 0.15) is 49.3 Å². The Hall–Kier alpha value is -3.65. The van der Waals surface area contributed by atoms with Crippen LogP contribution in [0.15, 0.2) is 83.8 Å². The molecule has 2 amide bonds. The molecule has 1 saturated carbocycles. The molecule has 3 aromatic rings. The number of nitrogens with zero attached hydrogens (tertiary/aromatic N) is 2. The number of rotatable bonds is 10. The van der Waals surface area contributed by atoms with E-state index in [1.165, 1.54) is 17.0 Å². The third-order valence-corrected chi connectivity index (χ3v) is 9.19. The Morgan fingerprint density at radius 1 is 0.897 bits per heavy atom. The van der Waals surface area contributed by atoms with Gasteiger partial charge in [0.1, 0.15) is 12.6 Å². The Morgan fingerprint density at radius 3 is 2.15 bits per heavy atom. The number of hydrogen-bond acceptors (Lipinski definition) is 4. The number of hydrogen-bond donors (Lipinski definition) is 1. The van der Waals surface area contributed by atoms with Crippen molar-refractivity contribution in [2.45, 2.75) is 70.0 Å².